The van der Waals surface area contributed by atoms with Gasteiger partial charge in [0.05, 0.1) is 0 Å². The van der Waals surface area contributed by atoms with Crippen LogP contribution >= 0.6 is 0 Å². The summed E-state index contributed by atoms with van der Waals surface area (Å²) in [7, 11) is 0. The van der Waals surface area contributed by atoms with Crippen LogP contribution in [-0.2, 0) is 6.42 Å². The largest absolute Gasteiger partial charge is 0.307 e. The molecule has 3 atom stereocenters. The Kier molecular flexibility index (Phi) is 3.93. The second-order valence-electron chi connectivity index (χ2n) is 6.60. The molecule has 0 radical (unpaired) electrons. The molecule has 0 bridgehead atoms. The molecule has 3 rings (SSSR count). The van der Waals surface area contributed by atoms with Gasteiger partial charge in [0.2, 0.25) is 0 Å². The average Bonchev–Trinajstić information content (AvgIpc) is 2.81. The van der Waals surface area contributed by atoms with Crippen molar-refractivity contribution in [3.63, 3.8) is 0 Å². The van der Waals surface area contributed by atoms with Crippen LogP contribution in [0.4, 0.5) is 0 Å². The Morgan fingerprint density at radius 3 is 2.95 bits per heavy atom. The van der Waals surface area contributed by atoms with Crippen LogP contribution in [0, 0.1) is 12.8 Å². The number of fused-ring (bicyclic) bond motifs is 1. The molecule has 19 heavy (non-hydrogen) atoms. The van der Waals surface area contributed by atoms with Gasteiger partial charge in [0.15, 0.2) is 0 Å². The van der Waals surface area contributed by atoms with E-state index >= 15 is 0 Å². The fourth-order valence-electron chi connectivity index (χ4n) is 3.99. The molecule has 0 spiro atoms. The number of rotatable bonds is 3. The van der Waals surface area contributed by atoms with Crippen LogP contribution in [0.2, 0.25) is 0 Å². The summed E-state index contributed by atoms with van der Waals surface area (Å²) in [6.45, 7) is 4.56. The maximum atomic E-state index is 3.97. The highest BCUT2D eigenvalue weighted by Crippen LogP contribution is 2.34. The van der Waals surface area contributed by atoms with Crippen LogP contribution in [-0.4, -0.2) is 6.04 Å². The van der Waals surface area contributed by atoms with Crippen molar-refractivity contribution < 1.29 is 0 Å². The topological polar surface area (TPSA) is 12.0 Å². The Hall–Kier alpha value is -0.820. The highest BCUT2D eigenvalue weighted by atomic mass is 15.0. The summed E-state index contributed by atoms with van der Waals surface area (Å²) in [5.41, 5.74) is 4.56. The summed E-state index contributed by atoms with van der Waals surface area (Å²) in [5, 5.41) is 3.97. The minimum atomic E-state index is 0.621. The van der Waals surface area contributed by atoms with E-state index < -0.39 is 0 Å². The standard InChI is InChI=1S/C18H27N/c1-3-14-5-4-6-16(12-14)19-18-10-9-15-8-7-13(2)11-17(15)18/h7-8,11,14,16,18-19H,3-6,9-10,12H2,1-2H3. The molecule has 0 aromatic heterocycles. The molecule has 2 aliphatic carbocycles. The number of hydrogen-bond acceptors (Lipinski definition) is 1. The fraction of sp³-hybridized carbons (Fsp3) is 0.667. The number of nitrogens with one attached hydrogen (secondary N) is 1. The van der Waals surface area contributed by atoms with Gasteiger partial charge in [-0.1, -0.05) is 49.9 Å². The summed E-state index contributed by atoms with van der Waals surface area (Å²) in [6.07, 6.45) is 9.57. The predicted molar refractivity (Wildman–Crippen MR) is 81.4 cm³/mol. The molecule has 3 unspecified atom stereocenters. The smallest absolute Gasteiger partial charge is 0.0328 e. The Morgan fingerprint density at radius 2 is 2.11 bits per heavy atom. The van der Waals surface area contributed by atoms with E-state index in [2.05, 4.69) is 37.4 Å². The van der Waals surface area contributed by atoms with E-state index in [9.17, 15) is 0 Å². The van der Waals surface area contributed by atoms with Crippen molar-refractivity contribution in [2.24, 2.45) is 5.92 Å². The predicted octanol–water partition coefficient (Wildman–Crippen LogP) is 4.54. The third-order valence-corrected chi connectivity index (χ3v) is 5.18. The van der Waals surface area contributed by atoms with Crippen molar-refractivity contribution in [1.82, 2.24) is 5.32 Å². The first-order valence-corrected chi connectivity index (χ1v) is 8.11. The van der Waals surface area contributed by atoms with Crippen molar-refractivity contribution in [2.45, 2.75) is 70.9 Å². The molecule has 1 fully saturated rings. The van der Waals surface area contributed by atoms with Gasteiger partial charge < -0.3 is 5.32 Å². The molecule has 0 aliphatic heterocycles. The molecule has 0 amide bonds. The number of hydrogen-bond donors (Lipinski definition) is 1. The summed E-state index contributed by atoms with van der Waals surface area (Å²) in [6, 6.07) is 8.38. The molecule has 104 valence electrons. The average molecular weight is 257 g/mol. The Balaban J connectivity index is 1.67. The number of aryl methyl sites for hydroxylation is 2. The van der Waals surface area contributed by atoms with Gasteiger partial charge >= 0.3 is 0 Å². The SMILES string of the molecule is CCC1CCCC(NC2CCc3ccc(C)cc32)C1. The highest BCUT2D eigenvalue weighted by molar-refractivity contribution is 5.37. The lowest BCUT2D eigenvalue weighted by Crippen LogP contribution is -2.36. The molecule has 0 heterocycles. The first-order chi connectivity index (χ1) is 9.26. The van der Waals surface area contributed by atoms with E-state index in [0.717, 1.165) is 12.0 Å². The molecule has 1 aromatic carbocycles. The second kappa shape index (κ2) is 5.66. The zero-order chi connectivity index (χ0) is 13.2. The molecule has 0 saturated heterocycles. The van der Waals surface area contributed by atoms with E-state index in [1.54, 1.807) is 11.1 Å². The van der Waals surface area contributed by atoms with Crippen LogP contribution in [0.25, 0.3) is 0 Å². The minimum absolute atomic E-state index is 0.621. The van der Waals surface area contributed by atoms with Crippen molar-refractivity contribution in [1.29, 1.82) is 0 Å². The van der Waals surface area contributed by atoms with Crippen LogP contribution in [0.5, 0.6) is 0 Å². The number of benzene rings is 1. The molecule has 1 aromatic rings. The maximum Gasteiger partial charge on any atom is 0.0328 e. The van der Waals surface area contributed by atoms with Gasteiger partial charge in [-0.2, -0.15) is 0 Å². The van der Waals surface area contributed by atoms with E-state index in [-0.39, 0.29) is 0 Å². The lowest BCUT2D eigenvalue weighted by atomic mass is 9.84. The molecule has 1 N–H and O–H groups in total. The van der Waals surface area contributed by atoms with Gasteiger partial charge in [0.1, 0.15) is 0 Å². The summed E-state index contributed by atoms with van der Waals surface area (Å²) in [5.74, 6) is 0.963. The Bertz CT molecular complexity index is 437. The summed E-state index contributed by atoms with van der Waals surface area (Å²) >= 11 is 0. The molecular weight excluding hydrogens is 230 g/mol. The van der Waals surface area contributed by atoms with Crippen LogP contribution < -0.4 is 5.32 Å². The van der Waals surface area contributed by atoms with Crippen molar-refractivity contribution >= 4 is 0 Å². The van der Waals surface area contributed by atoms with Crippen molar-refractivity contribution in [2.75, 3.05) is 0 Å². The molecule has 1 heteroatoms. The molecule has 1 nitrogen and oxygen atoms in total. The van der Waals surface area contributed by atoms with Gasteiger partial charge in [0.25, 0.3) is 0 Å². The highest BCUT2D eigenvalue weighted by Gasteiger charge is 2.27. The first kappa shape index (κ1) is 13.2. The van der Waals surface area contributed by atoms with Crippen LogP contribution in [0.15, 0.2) is 18.2 Å². The Morgan fingerprint density at radius 1 is 1.21 bits per heavy atom. The third kappa shape index (κ3) is 2.86. The van der Waals surface area contributed by atoms with Gasteiger partial charge in [-0.25, -0.2) is 0 Å². The van der Waals surface area contributed by atoms with E-state index in [0.29, 0.717) is 6.04 Å². The second-order valence-corrected chi connectivity index (χ2v) is 6.60. The molecule has 1 saturated carbocycles. The monoisotopic (exact) mass is 257 g/mol. The molecule has 2 aliphatic rings. The quantitative estimate of drug-likeness (QED) is 0.838. The van der Waals surface area contributed by atoms with Gasteiger partial charge in [-0.3, -0.25) is 0 Å². The summed E-state index contributed by atoms with van der Waals surface area (Å²) < 4.78 is 0. The van der Waals surface area contributed by atoms with Gasteiger partial charge in [-0.15, -0.1) is 0 Å². The first-order valence-electron chi connectivity index (χ1n) is 8.11. The Labute approximate surface area is 117 Å². The normalized spacial score (nSPS) is 30.3. The zero-order valence-corrected chi connectivity index (χ0v) is 12.4. The van der Waals surface area contributed by atoms with Gasteiger partial charge in [0, 0.05) is 12.1 Å². The van der Waals surface area contributed by atoms with E-state index in [4.69, 9.17) is 0 Å². The summed E-state index contributed by atoms with van der Waals surface area (Å²) in [4.78, 5) is 0. The van der Waals surface area contributed by atoms with Crippen LogP contribution in [0.1, 0.15) is 68.2 Å². The van der Waals surface area contributed by atoms with Crippen LogP contribution in [0.3, 0.4) is 0 Å². The third-order valence-electron chi connectivity index (χ3n) is 5.18. The minimum Gasteiger partial charge on any atom is -0.307 e. The molecular formula is C18H27N. The zero-order valence-electron chi connectivity index (χ0n) is 12.4. The maximum absolute atomic E-state index is 3.97. The van der Waals surface area contributed by atoms with Gasteiger partial charge in [-0.05, 0) is 49.7 Å². The van der Waals surface area contributed by atoms with Crippen molar-refractivity contribution in [3.8, 4) is 0 Å². The van der Waals surface area contributed by atoms with E-state index in [1.807, 2.05) is 0 Å². The van der Waals surface area contributed by atoms with E-state index in [1.165, 1.54) is 50.5 Å². The van der Waals surface area contributed by atoms with Crippen molar-refractivity contribution in [3.05, 3.63) is 34.9 Å². The fourth-order valence-corrected chi connectivity index (χ4v) is 3.99. The lowest BCUT2D eigenvalue weighted by molar-refractivity contribution is 0.261. The lowest BCUT2D eigenvalue weighted by Gasteiger charge is -2.31.